The lowest BCUT2D eigenvalue weighted by atomic mass is 10.2. The van der Waals surface area contributed by atoms with Crippen LogP contribution in [0.25, 0.3) is 0 Å². The Morgan fingerprint density at radius 1 is 0.933 bits per heavy atom. The van der Waals surface area contributed by atoms with Gasteiger partial charge in [-0.15, -0.1) is 0 Å². The molecule has 0 aromatic carbocycles. The van der Waals surface area contributed by atoms with Crippen LogP contribution in [0.5, 0.6) is 0 Å². The van der Waals surface area contributed by atoms with E-state index >= 15 is 0 Å². The SMILES string of the molecule is Fc1ncc(C(F)(F)F)cc1C(F)(F)F. The molecule has 0 N–H and O–H groups in total. The fourth-order valence-corrected chi connectivity index (χ4v) is 0.802. The first-order valence-corrected chi connectivity index (χ1v) is 3.42. The van der Waals surface area contributed by atoms with Gasteiger partial charge in [-0.1, -0.05) is 0 Å². The van der Waals surface area contributed by atoms with Crippen molar-refractivity contribution in [1.82, 2.24) is 4.98 Å². The normalized spacial score (nSPS) is 13.0. The topological polar surface area (TPSA) is 12.9 Å². The summed E-state index contributed by atoms with van der Waals surface area (Å²) in [4.78, 5) is 2.41. The molecule has 0 fully saturated rings. The first-order chi connectivity index (χ1) is 6.62. The second-order valence-corrected chi connectivity index (χ2v) is 2.56. The lowest BCUT2D eigenvalue weighted by Crippen LogP contribution is -2.14. The van der Waals surface area contributed by atoms with E-state index in [1.54, 1.807) is 0 Å². The summed E-state index contributed by atoms with van der Waals surface area (Å²) in [6.45, 7) is 0. The molecule has 1 nitrogen and oxygen atoms in total. The first kappa shape index (κ1) is 11.7. The van der Waals surface area contributed by atoms with Crippen molar-refractivity contribution in [2.24, 2.45) is 0 Å². The van der Waals surface area contributed by atoms with Crippen LogP contribution in [0.1, 0.15) is 11.1 Å². The van der Waals surface area contributed by atoms with E-state index < -0.39 is 29.4 Å². The summed E-state index contributed by atoms with van der Waals surface area (Å²) < 4.78 is 84.2. The highest BCUT2D eigenvalue weighted by atomic mass is 19.4. The Labute approximate surface area is 78.5 Å². The van der Waals surface area contributed by atoms with E-state index in [0.717, 1.165) is 0 Å². The van der Waals surface area contributed by atoms with Crippen molar-refractivity contribution < 1.29 is 30.7 Å². The monoisotopic (exact) mass is 233 g/mol. The molecule has 0 saturated heterocycles. The van der Waals surface area contributed by atoms with Crippen LogP contribution >= 0.6 is 0 Å². The maximum atomic E-state index is 12.5. The zero-order valence-corrected chi connectivity index (χ0v) is 6.75. The molecule has 0 amide bonds. The van der Waals surface area contributed by atoms with Gasteiger partial charge in [0.15, 0.2) is 0 Å². The van der Waals surface area contributed by atoms with Crippen LogP contribution in [-0.2, 0) is 12.4 Å². The molecule has 0 radical (unpaired) electrons. The molecule has 0 unspecified atom stereocenters. The highest BCUT2D eigenvalue weighted by molar-refractivity contribution is 5.23. The third kappa shape index (κ3) is 2.57. The van der Waals surface area contributed by atoms with Crippen molar-refractivity contribution >= 4 is 0 Å². The van der Waals surface area contributed by atoms with Crippen molar-refractivity contribution in [3.63, 3.8) is 0 Å². The summed E-state index contributed by atoms with van der Waals surface area (Å²) in [7, 11) is 0. The van der Waals surface area contributed by atoms with Crippen LogP contribution in [0.3, 0.4) is 0 Å². The van der Waals surface area contributed by atoms with Crippen LogP contribution < -0.4 is 0 Å². The molecule has 1 aromatic heterocycles. The van der Waals surface area contributed by atoms with E-state index in [1.807, 2.05) is 0 Å². The molecule has 0 bridgehead atoms. The summed E-state index contributed by atoms with van der Waals surface area (Å²) in [6, 6.07) is -0.317. The second-order valence-electron chi connectivity index (χ2n) is 2.56. The van der Waals surface area contributed by atoms with Gasteiger partial charge in [-0.3, -0.25) is 0 Å². The summed E-state index contributed by atoms with van der Waals surface area (Å²) in [5, 5.41) is 0. The molecular formula is C7H2F7N. The number of aromatic nitrogens is 1. The lowest BCUT2D eigenvalue weighted by Gasteiger charge is -2.10. The fraction of sp³-hybridized carbons (Fsp3) is 0.286. The van der Waals surface area contributed by atoms with E-state index in [0.29, 0.717) is 0 Å². The van der Waals surface area contributed by atoms with Gasteiger partial charge in [-0.05, 0) is 6.07 Å². The zero-order chi connectivity index (χ0) is 11.9. The van der Waals surface area contributed by atoms with Gasteiger partial charge in [0.25, 0.3) is 0 Å². The number of hydrogen-bond donors (Lipinski definition) is 0. The number of pyridine rings is 1. The molecular weight excluding hydrogens is 231 g/mol. The quantitative estimate of drug-likeness (QED) is 0.495. The van der Waals surface area contributed by atoms with E-state index in [-0.39, 0.29) is 12.3 Å². The van der Waals surface area contributed by atoms with E-state index in [4.69, 9.17) is 0 Å². The van der Waals surface area contributed by atoms with Gasteiger partial charge in [0.2, 0.25) is 5.95 Å². The molecule has 0 aliphatic heterocycles. The average molecular weight is 233 g/mol. The molecule has 1 aromatic rings. The van der Waals surface area contributed by atoms with Crippen molar-refractivity contribution in [3.8, 4) is 0 Å². The zero-order valence-electron chi connectivity index (χ0n) is 6.75. The molecule has 0 atom stereocenters. The van der Waals surface area contributed by atoms with Gasteiger partial charge in [-0.25, -0.2) is 4.98 Å². The lowest BCUT2D eigenvalue weighted by molar-refractivity contribution is -0.145. The molecule has 0 aliphatic rings. The second kappa shape index (κ2) is 3.35. The molecule has 0 saturated carbocycles. The Hall–Kier alpha value is -1.34. The summed E-state index contributed by atoms with van der Waals surface area (Å²) in [5.74, 6) is -1.98. The van der Waals surface area contributed by atoms with Crippen LogP contribution in [0.15, 0.2) is 12.3 Å². The number of alkyl halides is 6. The Kier molecular flexibility index (Phi) is 2.62. The van der Waals surface area contributed by atoms with Gasteiger partial charge in [0.1, 0.15) is 5.56 Å². The van der Waals surface area contributed by atoms with Crippen molar-refractivity contribution in [3.05, 3.63) is 29.3 Å². The smallest absolute Gasteiger partial charge is 0.227 e. The molecule has 84 valence electrons. The van der Waals surface area contributed by atoms with Gasteiger partial charge >= 0.3 is 12.4 Å². The maximum absolute atomic E-state index is 12.5. The predicted octanol–water partition coefficient (Wildman–Crippen LogP) is 3.26. The number of nitrogens with zero attached hydrogens (tertiary/aromatic N) is 1. The molecule has 1 heterocycles. The van der Waals surface area contributed by atoms with E-state index in [2.05, 4.69) is 4.98 Å². The van der Waals surface area contributed by atoms with Crippen LogP contribution in [-0.4, -0.2) is 4.98 Å². The van der Waals surface area contributed by atoms with Crippen molar-refractivity contribution in [2.75, 3.05) is 0 Å². The van der Waals surface area contributed by atoms with Gasteiger partial charge in [0, 0.05) is 6.20 Å². The van der Waals surface area contributed by atoms with Gasteiger partial charge in [-0.2, -0.15) is 30.7 Å². The first-order valence-electron chi connectivity index (χ1n) is 3.42. The summed E-state index contributed by atoms with van der Waals surface area (Å²) in [6.07, 6.45) is -10.2. The van der Waals surface area contributed by atoms with E-state index in [9.17, 15) is 30.7 Å². The third-order valence-electron chi connectivity index (χ3n) is 1.47. The molecule has 15 heavy (non-hydrogen) atoms. The fourth-order valence-electron chi connectivity index (χ4n) is 0.802. The Bertz CT molecular complexity index is 365. The van der Waals surface area contributed by atoms with Crippen molar-refractivity contribution in [2.45, 2.75) is 12.4 Å². The molecule has 0 aliphatic carbocycles. The highest BCUT2D eigenvalue weighted by Gasteiger charge is 2.39. The highest BCUT2D eigenvalue weighted by Crippen LogP contribution is 2.35. The van der Waals surface area contributed by atoms with E-state index in [1.165, 1.54) is 0 Å². The third-order valence-corrected chi connectivity index (χ3v) is 1.47. The molecule has 0 spiro atoms. The minimum atomic E-state index is -5.20. The van der Waals surface area contributed by atoms with Crippen LogP contribution in [0.4, 0.5) is 30.7 Å². The predicted molar refractivity (Wildman–Crippen MR) is 34.2 cm³/mol. The Morgan fingerprint density at radius 2 is 1.47 bits per heavy atom. The minimum absolute atomic E-state index is 0.00454. The number of rotatable bonds is 0. The van der Waals surface area contributed by atoms with Crippen molar-refractivity contribution in [1.29, 1.82) is 0 Å². The van der Waals surface area contributed by atoms with Gasteiger partial charge < -0.3 is 0 Å². The Morgan fingerprint density at radius 3 is 1.87 bits per heavy atom. The van der Waals surface area contributed by atoms with Crippen LogP contribution in [0.2, 0.25) is 0 Å². The Balaban J connectivity index is 3.30. The van der Waals surface area contributed by atoms with Gasteiger partial charge in [0.05, 0.1) is 5.56 Å². The minimum Gasteiger partial charge on any atom is -0.227 e. The molecule has 1 rings (SSSR count). The maximum Gasteiger partial charge on any atom is 0.420 e. The average Bonchev–Trinajstić information content (AvgIpc) is 2.00. The molecule has 8 heteroatoms. The summed E-state index contributed by atoms with van der Waals surface area (Å²) >= 11 is 0. The summed E-state index contributed by atoms with van der Waals surface area (Å²) in [5.41, 5.74) is -3.67. The number of hydrogen-bond acceptors (Lipinski definition) is 1. The number of halogens is 7. The van der Waals surface area contributed by atoms with Crippen LogP contribution in [0, 0.1) is 5.95 Å². The standard InChI is InChI=1S/C7H2F7N/c8-5-4(7(12,13)14)1-3(2-15-5)6(9,10)11/h1-2H. The largest absolute Gasteiger partial charge is 0.420 e.